The second kappa shape index (κ2) is 3.38. The Bertz CT molecular complexity index is 429. The second-order valence-electron chi connectivity index (χ2n) is 3.00. The molecular formula is C11H10N2O. The van der Waals surface area contributed by atoms with Crippen LogP contribution in [0.5, 0.6) is 0 Å². The first-order valence-electron chi connectivity index (χ1n) is 4.30. The van der Waals surface area contributed by atoms with Crippen LogP contribution in [0.15, 0.2) is 48.8 Å². The lowest BCUT2D eigenvalue weighted by Gasteiger charge is -2.02. The van der Waals surface area contributed by atoms with Gasteiger partial charge in [0.15, 0.2) is 0 Å². The summed E-state index contributed by atoms with van der Waals surface area (Å²) in [7, 11) is 0. The first-order valence-corrected chi connectivity index (χ1v) is 4.30. The summed E-state index contributed by atoms with van der Waals surface area (Å²) in [6.45, 7) is 0. The molecule has 1 aromatic heterocycles. The van der Waals surface area contributed by atoms with Crippen LogP contribution in [0.1, 0.15) is 10.4 Å². The minimum atomic E-state index is -0.399. The average molecular weight is 186 g/mol. The zero-order valence-electron chi connectivity index (χ0n) is 7.55. The number of rotatable bonds is 2. The molecule has 2 N–H and O–H groups in total. The predicted molar refractivity (Wildman–Crippen MR) is 54.3 cm³/mol. The van der Waals surface area contributed by atoms with E-state index in [1.807, 2.05) is 41.2 Å². The molecule has 0 saturated heterocycles. The molecule has 3 heteroatoms. The van der Waals surface area contributed by atoms with Crippen LogP contribution in [0.3, 0.4) is 0 Å². The van der Waals surface area contributed by atoms with Crippen molar-refractivity contribution in [2.75, 3.05) is 0 Å². The summed E-state index contributed by atoms with van der Waals surface area (Å²) >= 11 is 0. The Morgan fingerprint density at radius 2 is 1.64 bits per heavy atom. The summed E-state index contributed by atoms with van der Waals surface area (Å²) in [5.74, 6) is -0.399. The Hall–Kier alpha value is -2.03. The Labute approximate surface area is 81.8 Å². The fraction of sp³-hybridized carbons (Fsp3) is 0. The van der Waals surface area contributed by atoms with Gasteiger partial charge in [0.25, 0.3) is 0 Å². The highest BCUT2D eigenvalue weighted by Gasteiger charge is 1.99. The standard InChI is InChI=1S/C11H10N2O/c12-11(14)9-3-5-10(6-4-9)13-7-1-2-8-13/h1-8H,(H2,12,14). The molecule has 0 fully saturated rings. The zero-order chi connectivity index (χ0) is 9.97. The number of nitrogens with zero attached hydrogens (tertiary/aromatic N) is 1. The van der Waals surface area contributed by atoms with Crippen LogP contribution >= 0.6 is 0 Å². The van der Waals surface area contributed by atoms with Crippen molar-refractivity contribution in [1.29, 1.82) is 0 Å². The number of hydrogen-bond donors (Lipinski definition) is 1. The number of benzene rings is 1. The van der Waals surface area contributed by atoms with Crippen molar-refractivity contribution in [2.45, 2.75) is 0 Å². The normalized spacial score (nSPS) is 10.0. The summed E-state index contributed by atoms with van der Waals surface area (Å²) in [6.07, 6.45) is 3.89. The van der Waals surface area contributed by atoms with Gasteiger partial charge in [0.05, 0.1) is 0 Å². The van der Waals surface area contributed by atoms with Crippen molar-refractivity contribution in [3.8, 4) is 5.69 Å². The monoisotopic (exact) mass is 186 g/mol. The molecule has 0 unspecified atom stereocenters. The van der Waals surface area contributed by atoms with Gasteiger partial charge in [-0.3, -0.25) is 4.79 Å². The summed E-state index contributed by atoms with van der Waals surface area (Å²) in [6, 6.07) is 11.1. The highest BCUT2D eigenvalue weighted by molar-refractivity contribution is 5.92. The fourth-order valence-electron chi connectivity index (χ4n) is 1.30. The van der Waals surface area contributed by atoms with Crippen molar-refractivity contribution in [3.63, 3.8) is 0 Å². The van der Waals surface area contributed by atoms with Crippen molar-refractivity contribution in [3.05, 3.63) is 54.4 Å². The molecule has 1 heterocycles. The van der Waals surface area contributed by atoms with Gasteiger partial charge in [-0.15, -0.1) is 0 Å². The second-order valence-corrected chi connectivity index (χ2v) is 3.00. The van der Waals surface area contributed by atoms with Gasteiger partial charge in [-0.1, -0.05) is 0 Å². The lowest BCUT2D eigenvalue weighted by molar-refractivity contribution is 0.100. The van der Waals surface area contributed by atoms with Gasteiger partial charge in [0, 0.05) is 23.6 Å². The first kappa shape index (κ1) is 8.56. The summed E-state index contributed by atoms with van der Waals surface area (Å²) in [4.78, 5) is 10.8. The molecule has 70 valence electrons. The van der Waals surface area contributed by atoms with Gasteiger partial charge in [-0.25, -0.2) is 0 Å². The van der Waals surface area contributed by atoms with Crippen molar-refractivity contribution in [1.82, 2.24) is 4.57 Å². The molecule has 14 heavy (non-hydrogen) atoms. The van der Waals surface area contributed by atoms with E-state index in [9.17, 15) is 4.79 Å². The van der Waals surface area contributed by atoms with Gasteiger partial charge < -0.3 is 10.3 Å². The number of carbonyl (C=O) groups is 1. The van der Waals surface area contributed by atoms with Gasteiger partial charge in [-0.2, -0.15) is 0 Å². The van der Waals surface area contributed by atoms with Crippen molar-refractivity contribution < 1.29 is 4.79 Å². The molecule has 3 nitrogen and oxygen atoms in total. The Morgan fingerprint density at radius 3 is 2.14 bits per heavy atom. The van der Waals surface area contributed by atoms with E-state index in [1.165, 1.54) is 0 Å². The van der Waals surface area contributed by atoms with E-state index in [1.54, 1.807) is 12.1 Å². The topological polar surface area (TPSA) is 48.0 Å². The van der Waals surface area contributed by atoms with Gasteiger partial charge in [0.1, 0.15) is 0 Å². The molecule has 0 aliphatic rings. The van der Waals surface area contributed by atoms with E-state index in [2.05, 4.69) is 0 Å². The van der Waals surface area contributed by atoms with Crippen LogP contribution in [0, 0.1) is 0 Å². The van der Waals surface area contributed by atoms with Crippen molar-refractivity contribution >= 4 is 5.91 Å². The van der Waals surface area contributed by atoms with Crippen molar-refractivity contribution in [2.24, 2.45) is 5.73 Å². The van der Waals surface area contributed by atoms with E-state index < -0.39 is 5.91 Å². The zero-order valence-corrected chi connectivity index (χ0v) is 7.55. The van der Waals surface area contributed by atoms with E-state index in [-0.39, 0.29) is 0 Å². The molecular weight excluding hydrogens is 176 g/mol. The van der Waals surface area contributed by atoms with Gasteiger partial charge >= 0.3 is 0 Å². The minimum Gasteiger partial charge on any atom is -0.366 e. The number of aromatic nitrogens is 1. The molecule has 0 spiro atoms. The van der Waals surface area contributed by atoms with Gasteiger partial charge in [0.2, 0.25) is 5.91 Å². The molecule has 1 aromatic carbocycles. The number of carbonyl (C=O) groups excluding carboxylic acids is 1. The molecule has 0 radical (unpaired) electrons. The quantitative estimate of drug-likeness (QED) is 0.760. The molecule has 2 aromatic rings. The smallest absolute Gasteiger partial charge is 0.248 e. The molecule has 0 aliphatic heterocycles. The van der Waals surface area contributed by atoms with Crippen LogP contribution < -0.4 is 5.73 Å². The highest BCUT2D eigenvalue weighted by Crippen LogP contribution is 2.09. The number of primary amides is 1. The van der Waals surface area contributed by atoms with E-state index in [0.717, 1.165) is 5.69 Å². The maximum atomic E-state index is 10.8. The highest BCUT2D eigenvalue weighted by atomic mass is 16.1. The molecule has 2 rings (SSSR count). The Kier molecular flexibility index (Phi) is 2.07. The summed E-state index contributed by atoms with van der Waals surface area (Å²) < 4.78 is 1.96. The molecule has 0 atom stereocenters. The van der Waals surface area contributed by atoms with E-state index >= 15 is 0 Å². The van der Waals surface area contributed by atoms with Crippen LogP contribution in [0.2, 0.25) is 0 Å². The number of amides is 1. The number of nitrogens with two attached hydrogens (primary N) is 1. The number of hydrogen-bond acceptors (Lipinski definition) is 1. The van der Waals surface area contributed by atoms with Crippen LogP contribution in [-0.2, 0) is 0 Å². The largest absolute Gasteiger partial charge is 0.366 e. The van der Waals surface area contributed by atoms with Crippen LogP contribution in [-0.4, -0.2) is 10.5 Å². The third-order valence-corrected chi connectivity index (χ3v) is 2.05. The molecule has 0 aliphatic carbocycles. The Morgan fingerprint density at radius 1 is 1.07 bits per heavy atom. The minimum absolute atomic E-state index is 0.399. The summed E-state index contributed by atoms with van der Waals surface area (Å²) in [5, 5.41) is 0. The summed E-state index contributed by atoms with van der Waals surface area (Å²) in [5.41, 5.74) is 6.68. The fourth-order valence-corrected chi connectivity index (χ4v) is 1.30. The third kappa shape index (κ3) is 1.52. The maximum Gasteiger partial charge on any atom is 0.248 e. The van der Waals surface area contributed by atoms with Crippen LogP contribution in [0.25, 0.3) is 5.69 Å². The average Bonchev–Trinajstić information content (AvgIpc) is 2.71. The lowest BCUT2D eigenvalue weighted by Crippen LogP contribution is -2.10. The van der Waals surface area contributed by atoms with E-state index in [0.29, 0.717) is 5.56 Å². The van der Waals surface area contributed by atoms with E-state index in [4.69, 9.17) is 5.73 Å². The molecule has 0 bridgehead atoms. The third-order valence-electron chi connectivity index (χ3n) is 2.05. The first-order chi connectivity index (χ1) is 6.77. The Balaban J connectivity index is 2.36. The molecule has 0 saturated carbocycles. The molecule has 1 amide bonds. The van der Waals surface area contributed by atoms with Gasteiger partial charge in [-0.05, 0) is 36.4 Å². The van der Waals surface area contributed by atoms with Crippen LogP contribution in [0.4, 0.5) is 0 Å². The predicted octanol–water partition coefficient (Wildman–Crippen LogP) is 1.58. The SMILES string of the molecule is NC(=O)c1ccc(-n2cccc2)cc1. The maximum absolute atomic E-state index is 10.8. The lowest BCUT2D eigenvalue weighted by atomic mass is 10.2.